The number of benzene rings is 6. The van der Waals surface area contributed by atoms with Crippen molar-refractivity contribution in [3.8, 4) is 11.1 Å². The van der Waals surface area contributed by atoms with Gasteiger partial charge in [-0.1, -0.05) is 78.9 Å². The molecule has 6 aromatic carbocycles. The van der Waals surface area contributed by atoms with Gasteiger partial charge in [-0.25, -0.2) is 0 Å². The van der Waals surface area contributed by atoms with Gasteiger partial charge in [0, 0.05) is 19.9 Å². The standard InChI is InChI=1S/C30H17IO/c31-19-13-15-26-27-11-5-10-20(30(27)32-29(26)17-19)18-12-14-25-23-8-2-1-6-21(23)22-7-3-4-9-24(22)28(25)16-18/h1-17H. The molecule has 0 unspecified atom stereocenters. The summed E-state index contributed by atoms with van der Waals surface area (Å²) in [6.07, 6.45) is 0. The third kappa shape index (κ3) is 2.56. The van der Waals surface area contributed by atoms with Crippen molar-refractivity contribution < 1.29 is 4.42 Å². The molecule has 2 heteroatoms. The molecule has 0 aliphatic heterocycles. The molecule has 1 heterocycles. The predicted molar refractivity (Wildman–Crippen MR) is 144 cm³/mol. The minimum atomic E-state index is 0.941. The summed E-state index contributed by atoms with van der Waals surface area (Å²) in [5.41, 5.74) is 4.20. The summed E-state index contributed by atoms with van der Waals surface area (Å²) < 4.78 is 7.56. The molecule has 0 aliphatic rings. The molecular weight excluding hydrogens is 503 g/mol. The van der Waals surface area contributed by atoms with Gasteiger partial charge in [0.15, 0.2) is 0 Å². The van der Waals surface area contributed by atoms with Crippen molar-refractivity contribution in [2.75, 3.05) is 0 Å². The van der Waals surface area contributed by atoms with Crippen LogP contribution in [0.4, 0.5) is 0 Å². The van der Waals surface area contributed by atoms with Crippen molar-refractivity contribution in [3.63, 3.8) is 0 Å². The lowest BCUT2D eigenvalue weighted by molar-refractivity contribution is 0.669. The van der Waals surface area contributed by atoms with E-state index in [2.05, 4.69) is 126 Å². The van der Waals surface area contributed by atoms with E-state index >= 15 is 0 Å². The Morgan fingerprint density at radius 3 is 1.78 bits per heavy atom. The van der Waals surface area contributed by atoms with E-state index in [1.165, 1.54) is 46.8 Å². The fourth-order valence-corrected chi connectivity index (χ4v) is 5.54. The van der Waals surface area contributed by atoms with Crippen molar-refractivity contribution in [1.82, 2.24) is 0 Å². The van der Waals surface area contributed by atoms with Gasteiger partial charge in [0.1, 0.15) is 11.2 Å². The number of fused-ring (bicyclic) bond motifs is 9. The normalized spacial score (nSPS) is 11.9. The van der Waals surface area contributed by atoms with Gasteiger partial charge in [-0.2, -0.15) is 0 Å². The van der Waals surface area contributed by atoms with Crippen LogP contribution in [0.15, 0.2) is 108 Å². The smallest absolute Gasteiger partial charge is 0.143 e. The van der Waals surface area contributed by atoms with Gasteiger partial charge in [-0.3, -0.25) is 0 Å². The Bertz CT molecular complexity index is 1810. The predicted octanol–water partition coefficient (Wildman–Crippen LogP) is 9.32. The molecule has 0 N–H and O–H groups in total. The largest absolute Gasteiger partial charge is 0.455 e. The van der Waals surface area contributed by atoms with Crippen LogP contribution in [0.5, 0.6) is 0 Å². The molecule has 0 atom stereocenters. The first kappa shape index (κ1) is 18.2. The fourth-order valence-electron chi connectivity index (χ4n) is 5.07. The molecule has 1 aromatic heterocycles. The van der Waals surface area contributed by atoms with Gasteiger partial charge in [-0.15, -0.1) is 0 Å². The van der Waals surface area contributed by atoms with Crippen LogP contribution in [0.2, 0.25) is 0 Å². The first-order valence-corrected chi connectivity index (χ1v) is 11.8. The van der Waals surface area contributed by atoms with Crippen LogP contribution in [-0.4, -0.2) is 0 Å². The maximum absolute atomic E-state index is 6.38. The maximum Gasteiger partial charge on any atom is 0.143 e. The number of hydrogen-bond acceptors (Lipinski definition) is 1. The van der Waals surface area contributed by atoms with Gasteiger partial charge in [0.05, 0.1) is 0 Å². The minimum Gasteiger partial charge on any atom is -0.455 e. The lowest BCUT2D eigenvalue weighted by atomic mass is 9.92. The number of para-hydroxylation sites is 1. The Morgan fingerprint density at radius 2 is 1.06 bits per heavy atom. The average molecular weight is 520 g/mol. The zero-order chi connectivity index (χ0) is 21.2. The molecule has 0 saturated heterocycles. The van der Waals surface area contributed by atoms with E-state index in [-0.39, 0.29) is 0 Å². The van der Waals surface area contributed by atoms with Gasteiger partial charge in [0.2, 0.25) is 0 Å². The molecule has 0 radical (unpaired) electrons. The van der Waals surface area contributed by atoms with Gasteiger partial charge >= 0.3 is 0 Å². The van der Waals surface area contributed by atoms with E-state index in [9.17, 15) is 0 Å². The molecule has 0 bridgehead atoms. The Hall–Kier alpha value is -3.37. The highest BCUT2D eigenvalue weighted by atomic mass is 127. The topological polar surface area (TPSA) is 13.1 Å². The Labute approximate surface area is 198 Å². The van der Waals surface area contributed by atoms with Crippen LogP contribution >= 0.6 is 22.6 Å². The summed E-state index contributed by atoms with van der Waals surface area (Å²) in [4.78, 5) is 0. The highest BCUT2D eigenvalue weighted by Gasteiger charge is 2.14. The van der Waals surface area contributed by atoms with Gasteiger partial charge in [0.25, 0.3) is 0 Å². The quantitative estimate of drug-likeness (QED) is 0.155. The van der Waals surface area contributed by atoms with Crippen LogP contribution in [0.25, 0.3) is 65.4 Å². The zero-order valence-electron chi connectivity index (χ0n) is 17.1. The molecule has 0 amide bonds. The second-order valence-corrected chi connectivity index (χ2v) is 9.52. The third-order valence-corrected chi connectivity index (χ3v) is 7.19. The van der Waals surface area contributed by atoms with Gasteiger partial charge < -0.3 is 4.42 Å². The number of furan rings is 1. The number of rotatable bonds is 1. The summed E-state index contributed by atoms with van der Waals surface area (Å²) in [5.74, 6) is 0. The van der Waals surface area contributed by atoms with E-state index in [1.54, 1.807) is 0 Å². The first-order valence-electron chi connectivity index (χ1n) is 10.7. The van der Waals surface area contributed by atoms with Crippen molar-refractivity contribution in [3.05, 3.63) is 107 Å². The Morgan fingerprint density at radius 1 is 0.469 bits per heavy atom. The molecule has 0 fully saturated rings. The summed E-state index contributed by atoms with van der Waals surface area (Å²) in [5, 5.41) is 10.1. The van der Waals surface area contributed by atoms with E-state index in [0.29, 0.717) is 0 Å². The number of halogens is 1. The molecule has 7 rings (SSSR count). The van der Waals surface area contributed by atoms with E-state index in [0.717, 1.165) is 22.1 Å². The third-order valence-electron chi connectivity index (χ3n) is 6.52. The van der Waals surface area contributed by atoms with E-state index in [4.69, 9.17) is 4.42 Å². The Balaban J connectivity index is 1.58. The van der Waals surface area contributed by atoms with Crippen LogP contribution in [0.3, 0.4) is 0 Å². The summed E-state index contributed by atoms with van der Waals surface area (Å²) in [6, 6.07) is 37.1. The monoisotopic (exact) mass is 520 g/mol. The van der Waals surface area contributed by atoms with E-state index < -0.39 is 0 Å². The molecule has 0 saturated carbocycles. The maximum atomic E-state index is 6.38. The van der Waals surface area contributed by atoms with Crippen LogP contribution in [0.1, 0.15) is 0 Å². The fraction of sp³-hybridized carbons (Fsp3) is 0. The van der Waals surface area contributed by atoms with E-state index in [1.807, 2.05) is 0 Å². The number of hydrogen-bond donors (Lipinski definition) is 0. The SMILES string of the molecule is Ic1ccc2c(c1)oc1c(-c3ccc4c5ccccc5c5ccccc5c4c3)cccc12. The molecule has 32 heavy (non-hydrogen) atoms. The summed E-state index contributed by atoms with van der Waals surface area (Å²) >= 11 is 2.34. The molecule has 150 valence electrons. The van der Waals surface area contributed by atoms with Crippen molar-refractivity contribution in [1.29, 1.82) is 0 Å². The zero-order valence-corrected chi connectivity index (χ0v) is 19.3. The van der Waals surface area contributed by atoms with Crippen molar-refractivity contribution in [2.24, 2.45) is 0 Å². The highest BCUT2D eigenvalue weighted by molar-refractivity contribution is 14.1. The van der Waals surface area contributed by atoms with Crippen LogP contribution in [0, 0.1) is 3.57 Å². The molecule has 1 nitrogen and oxygen atoms in total. The average Bonchev–Trinajstić information content (AvgIpc) is 3.21. The van der Waals surface area contributed by atoms with Gasteiger partial charge in [-0.05, 0) is 84.7 Å². The van der Waals surface area contributed by atoms with Crippen molar-refractivity contribution >= 4 is 76.8 Å². The molecular formula is C30H17IO. The molecule has 0 aliphatic carbocycles. The second kappa shape index (κ2) is 6.81. The Kier molecular flexibility index (Phi) is 3.88. The lowest BCUT2D eigenvalue weighted by Crippen LogP contribution is -1.85. The molecule has 7 aromatic rings. The molecule has 0 spiro atoms. The second-order valence-electron chi connectivity index (χ2n) is 8.28. The lowest BCUT2D eigenvalue weighted by Gasteiger charge is -2.12. The highest BCUT2D eigenvalue weighted by Crippen LogP contribution is 2.40. The van der Waals surface area contributed by atoms with Crippen molar-refractivity contribution in [2.45, 2.75) is 0 Å². The summed E-state index contributed by atoms with van der Waals surface area (Å²) in [6.45, 7) is 0. The minimum absolute atomic E-state index is 0.941. The van der Waals surface area contributed by atoms with Crippen LogP contribution < -0.4 is 0 Å². The van der Waals surface area contributed by atoms with Crippen LogP contribution in [-0.2, 0) is 0 Å². The summed E-state index contributed by atoms with van der Waals surface area (Å²) in [7, 11) is 0. The first-order chi connectivity index (χ1) is 15.8.